The minimum absolute atomic E-state index is 0.138. The van der Waals surface area contributed by atoms with Gasteiger partial charge in [-0.1, -0.05) is 6.92 Å². The van der Waals surface area contributed by atoms with Crippen LogP contribution in [0.1, 0.15) is 20.3 Å². The van der Waals surface area contributed by atoms with E-state index in [1.165, 1.54) is 7.05 Å². The maximum absolute atomic E-state index is 11.8. The summed E-state index contributed by atoms with van der Waals surface area (Å²) in [6, 6.07) is 5.61. The smallest absolute Gasteiger partial charge is 0.242 e. The highest BCUT2D eigenvalue weighted by Gasteiger charge is 2.27. The van der Waals surface area contributed by atoms with Crippen molar-refractivity contribution in [2.75, 3.05) is 24.2 Å². The van der Waals surface area contributed by atoms with Crippen molar-refractivity contribution in [2.24, 2.45) is 5.92 Å². The van der Waals surface area contributed by atoms with Gasteiger partial charge in [0.2, 0.25) is 10.0 Å². The van der Waals surface area contributed by atoms with Crippen molar-refractivity contribution in [3.05, 3.63) is 18.2 Å². The molecule has 0 aliphatic carbocycles. The molecular weight excluding hydrogens is 262 g/mol. The zero-order valence-corrected chi connectivity index (χ0v) is 12.4. The van der Waals surface area contributed by atoms with Crippen LogP contribution in [0.4, 0.5) is 11.4 Å². The van der Waals surface area contributed by atoms with E-state index < -0.39 is 10.0 Å². The lowest BCUT2D eigenvalue weighted by molar-refractivity contribution is 0.588. The van der Waals surface area contributed by atoms with E-state index in [0.29, 0.717) is 17.6 Å². The van der Waals surface area contributed by atoms with Gasteiger partial charge in [0.05, 0.1) is 5.69 Å². The van der Waals surface area contributed by atoms with Crippen molar-refractivity contribution >= 4 is 21.4 Å². The van der Waals surface area contributed by atoms with Gasteiger partial charge in [0.1, 0.15) is 4.90 Å². The SMILES string of the molecule is CNS(=O)(=O)c1ccc(N2CC(C)CC2C)cc1N. The van der Waals surface area contributed by atoms with Crippen LogP contribution in [0.2, 0.25) is 0 Å². The molecule has 19 heavy (non-hydrogen) atoms. The normalized spacial score (nSPS) is 23.8. The van der Waals surface area contributed by atoms with Crippen molar-refractivity contribution < 1.29 is 8.42 Å². The summed E-state index contributed by atoms with van der Waals surface area (Å²) in [4.78, 5) is 2.41. The van der Waals surface area contributed by atoms with Crippen LogP contribution in [0.25, 0.3) is 0 Å². The van der Waals surface area contributed by atoms with Crippen LogP contribution in [-0.4, -0.2) is 28.1 Å². The molecule has 1 heterocycles. The first-order chi connectivity index (χ1) is 8.85. The Morgan fingerprint density at radius 2 is 2.05 bits per heavy atom. The highest BCUT2D eigenvalue weighted by Crippen LogP contribution is 2.31. The van der Waals surface area contributed by atoms with E-state index in [1.54, 1.807) is 12.1 Å². The lowest BCUT2D eigenvalue weighted by Gasteiger charge is -2.24. The summed E-state index contributed by atoms with van der Waals surface area (Å²) < 4.78 is 25.8. The van der Waals surface area contributed by atoms with E-state index in [-0.39, 0.29) is 4.90 Å². The van der Waals surface area contributed by atoms with Gasteiger partial charge in [-0.25, -0.2) is 13.1 Å². The van der Waals surface area contributed by atoms with Gasteiger partial charge < -0.3 is 10.6 Å². The first kappa shape index (κ1) is 14.1. The summed E-state index contributed by atoms with van der Waals surface area (Å²) in [5.74, 6) is 0.650. The Morgan fingerprint density at radius 1 is 1.37 bits per heavy atom. The molecule has 1 aromatic carbocycles. The van der Waals surface area contributed by atoms with Gasteiger partial charge in [0.15, 0.2) is 0 Å². The lowest BCUT2D eigenvalue weighted by Crippen LogP contribution is -2.27. The Bertz CT molecular complexity index is 571. The van der Waals surface area contributed by atoms with Gasteiger partial charge in [-0.15, -0.1) is 0 Å². The fraction of sp³-hybridized carbons (Fsp3) is 0.538. The van der Waals surface area contributed by atoms with Crippen LogP contribution >= 0.6 is 0 Å². The van der Waals surface area contributed by atoms with Gasteiger partial charge in [-0.05, 0) is 44.5 Å². The standard InChI is InChI=1S/C13H21N3O2S/c1-9-6-10(2)16(8-9)11-4-5-13(12(14)7-11)19(17,18)15-3/h4-5,7,9-10,15H,6,8,14H2,1-3H3. The third-order valence-corrected chi connectivity index (χ3v) is 5.16. The molecule has 0 spiro atoms. The van der Waals surface area contributed by atoms with Gasteiger partial charge in [-0.3, -0.25) is 0 Å². The Labute approximate surface area is 114 Å². The van der Waals surface area contributed by atoms with E-state index >= 15 is 0 Å². The fourth-order valence-electron chi connectivity index (χ4n) is 2.73. The molecule has 2 unspecified atom stereocenters. The number of anilines is 2. The highest BCUT2D eigenvalue weighted by molar-refractivity contribution is 7.89. The Balaban J connectivity index is 2.35. The zero-order valence-electron chi connectivity index (χ0n) is 11.6. The van der Waals surface area contributed by atoms with Gasteiger partial charge in [-0.2, -0.15) is 0 Å². The second kappa shape index (κ2) is 5.02. The molecule has 0 saturated carbocycles. The Kier molecular flexibility index (Phi) is 3.73. The number of nitrogens with zero attached hydrogens (tertiary/aromatic N) is 1. The monoisotopic (exact) mass is 283 g/mol. The molecule has 1 fully saturated rings. The van der Waals surface area contributed by atoms with Gasteiger partial charge in [0, 0.05) is 18.3 Å². The highest BCUT2D eigenvalue weighted by atomic mass is 32.2. The van der Waals surface area contributed by atoms with Gasteiger partial charge in [0.25, 0.3) is 0 Å². The van der Waals surface area contributed by atoms with Crippen molar-refractivity contribution in [3.63, 3.8) is 0 Å². The third-order valence-electron chi connectivity index (χ3n) is 3.67. The number of rotatable bonds is 3. The van der Waals surface area contributed by atoms with E-state index in [0.717, 1.165) is 18.7 Å². The summed E-state index contributed by atoms with van der Waals surface area (Å²) in [6.45, 7) is 5.39. The van der Waals surface area contributed by atoms with Crippen molar-refractivity contribution in [1.82, 2.24) is 4.72 Å². The summed E-state index contributed by atoms with van der Waals surface area (Å²) in [5.41, 5.74) is 7.17. The molecule has 0 amide bonds. The zero-order chi connectivity index (χ0) is 14.2. The van der Waals surface area contributed by atoms with Crippen molar-refractivity contribution in [1.29, 1.82) is 0 Å². The largest absolute Gasteiger partial charge is 0.398 e. The minimum Gasteiger partial charge on any atom is -0.398 e. The first-order valence-corrected chi connectivity index (χ1v) is 7.93. The number of sulfonamides is 1. The maximum atomic E-state index is 11.8. The number of nitrogens with one attached hydrogen (secondary N) is 1. The van der Waals surface area contributed by atoms with E-state index in [4.69, 9.17) is 5.73 Å². The topological polar surface area (TPSA) is 75.4 Å². The predicted octanol–water partition coefficient (Wildman–Crippen LogP) is 1.41. The molecule has 1 saturated heterocycles. The predicted molar refractivity (Wildman–Crippen MR) is 77.7 cm³/mol. The summed E-state index contributed by atoms with van der Waals surface area (Å²) in [7, 11) is -2.11. The van der Waals surface area contributed by atoms with Crippen LogP contribution in [0.3, 0.4) is 0 Å². The van der Waals surface area contributed by atoms with Crippen LogP contribution < -0.4 is 15.4 Å². The summed E-state index contributed by atoms with van der Waals surface area (Å²) in [6.07, 6.45) is 1.15. The van der Waals surface area contributed by atoms with Crippen LogP contribution in [0, 0.1) is 5.92 Å². The molecule has 1 aliphatic rings. The molecule has 6 heteroatoms. The second-order valence-corrected chi connectivity index (χ2v) is 7.13. The number of nitrogens with two attached hydrogens (primary N) is 1. The third kappa shape index (κ3) is 2.69. The molecular formula is C13H21N3O2S. The molecule has 2 rings (SSSR count). The van der Waals surface area contributed by atoms with E-state index in [2.05, 4.69) is 23.5 Å². The summed E-state index contributed by atoms with van der Waals surface area (Å²) >= 11 is 0. The van der Waals surface area contributed by atoms with Crippen LogP contribution in [-0.2, 0) is 10.0 Å². The van der Waals surface area contributed by atoms with E-state index in [1.807, 2.05) is 6.07 Å². The van der Waals surface area contributed by atoms with E-state index in [9.17, 15) is 8.42 Å². The Hall–Kier alpha value is -1.27. The molecule has 0 aromatic heterocycles. The molecule has 106 valence electrons. The molecule has 2 atom stereocenters. The molecule has 1 aromatic rings. The summed E-state index contributed by atoms with van der Waals surface area (Å²) in [5, 5.41) is 0. The maximum Gasteiger partial charge on any atom is 0.242 e. The minimum atomic E-state index is -3.49. The van der Waals surface area contributed by atoms with Crippen molar-refractivity contribution in [2.45, 2.75) is 31.2 Å². The average molecular weight is 283 g/mol. The molecule has 0 radical (unpaired) electrons. The fourth-order valence-corrected chi connectivity index (χ4v) is 3.57. The van der Waals surface area contributed by atoms with Crippen LogP contribution in [0.5, 0.6) is 0 Å². The first-order valence-electron chi connectivity index (χ1n) is 6.45. The molecule has 3 N–H and O–H groups in total. The average Bonchev–Trinajstić information content (AvgIpc) is 2.68. The van der Waals surface area contributed by atoms with Gasteiger partial charge >= 0.3 is 0 Å². The molecule has 0 bridgehead atoms. The van der Waals surface area contributed by atoms with Crippen molar-refractivity contribution in [3.8, 4) is 0 Å². The number of hydrogen-bond donors (Lipinski definition) is 2. The molecule has 1 aliphatic heterocycles. The number of nitrogen functional groups attached to an aromatic ring is 1. The molecule has 5 nitrogen and oxygen atoms in total. The number of benzene rings is 1. The quantitative estimate of drug-likeness (QED) is 0.823. The lowest BCUT2D eigenvalue weighted by atomic mass is 10.1. The Morgan fingerprint density at radius 3 is 2.53 bits per heavy atom. The second-order valence-electron chi connectivity index (χ2n) is 5.27. The number of hydrogen-bond acceptors (Lipinski definition) is 4. The van der Waals surface area contributed by atoms with Crippen LogP contribution in [0.15, 0.2) is 23.1 Å².